The Balaban J connectivity index is 1.68. The molecule has 2 N–H and O–H groups in total. The van der Waals surface area contributed by atoms with Crippen LogP contribution in [0.2, 0.25) is 0 Å². The molecule has 1 aromatic heterocycles. The molecule has 0 saturated carbocycles. The molecule has 0 bridgehead atoms. The number of methoxy groups -OCH3 is 1. The van der Waals surface area contributed by atoms with Gasteiger partial charge in [-0.15, -0.1) is 0 Å². The third kappa shape index (κ3) is 3.08. The maximum absolute atomic E-state index is 6.06. The van der Waals surface area contributed by atoms with Crippen molar-refractivity contribution < 1.29 is 9.47 Å². The summed E-state index contributed by atoms with van der Waals surface area (Å²) in [6.45, 7) is 6.06. The van der Waals surface area contributed by atoms with Crippen LogP contribution >= 0.6 is 0 Å². The molecule has 1 fully saturated rings. The highest BCUT2D eigenvalue weighted by atomic mass is 16.5. The quantitative estimate of drug-likeness (QED) is 0.916. The fraction of sp³-hybridized carbons (Fsp3) is 0.350. The number of fused-ring (bicyclic) bond motifs is 1. The summed E-state index contributed by atoms with van der Waals surface area (Å²) in [6, 6.07) is 8.23. The van der Waals surface area contributed by atoms with E-state index in [1.54, 1.807) is 7.11 Å². The Morgan fingerprint density at radius 3 is 2.73 bits per heavy atom. The van der Waals surface area contributed by atoms with Crippen LogP contribution in [0.5, 0.6) is 5.75 Å². The van der Waals surface area contributed by atoms with Crippen LogP contribution < -0.4 is 20.3 Å². The predicted octanol–water partition coefficient (Wildman–Crippen LogP) is 2.81. The van der Waals surface area contributed by atoms with Gasteiger partial charge in [-0.3, -0.25) is 0 Å². The minimum Gasteiger partial charge on any atom is -0.496 e. The SMILES string of the molecule is COc1ccc(N2C=Cc3nc(N)cc(N4CCOCC4)c3C2)cc1C. The highest BCUT2D eigenvalue weighted by Gasteiger charge is 2.22. The zero-order valence-electron chi connectivity index (χ0n) is 15.2. The Bertz CT molecular complexity index is 844. The van der Waals surface area contributed by atoms with Crippen LogP contribution in [-0.4, -0.2) is 38.4 Å². The number of aromatic nitrogens is 1. The number of morpholine rings is 1. The van der Waals surface area contributed by atoms with E-state index < -0.39 is 0 Å². The maximum Gasteiger partial charge on any atom is 0.126 e. The second-order valence-electron chi connectivity index (χ2n) is 6.63. The lowest BCUT2D eigenvalue weighted by molar-refractivity contribution is 0.122. The van der Waals surface area contributed by atoms with Gasteiger partial charge in [0.05, 0.1) is 32.6 Å². The Hall–Kier alpha value is -2.73. The number of hydrogen-bond donors (Lipinski definition) is 1. The molecule has 0 unspecified atom stereocenters. The normalized spacial score (nSPS) is 16.5. The van der Waals surface area contributed by atoms with Crippen LogP contribution in [0.1, 0.15) is 16.8 Å². The van der Waals surface area contributed by atoms with Crippen LogP contribution in [0.25, 0.3) is 6.08 Å². The number of aryl methyl sites for hydroxylation is 1. The van der Waals surface area contributed by atoms with Crippen molar-refractivity contribution >= 4 is 23.3 Å². The molecule has 6 heteroatoms. The summed E-state index contributed by atoms with van der Waals surface area (Å²) in [5.41, 5.74) is 11.6. The molecule has 136 valence electrons. The lowest BCUT2D eigenvalue weighted by Crippen LogP contribution is -2.37. The van der Waals surface area contributed by atoms with Crippen molar-refractivity contribution in [1.82, 2.24) is 4.98 Å². The van der Waals surface area contributed by atoms with Crippen molar-refractivity contribution in [2.24, 2.45) is 0 Å². The number of rotatable bonds is 3. The molecule has 0 spiro atoms. The topological polar surface area (TPSA) is 63.8 Å². The predicted molar refractivity (Wildman–Crippen MR) is 105 cm³/mol. The minimum absolute atomic E-state index is 0.559. The van der Waals surface area contributed by atoms with Gasteiger partial charge in [0.25, 0.3) is 0 Å². The third-order valence-corrected chi connectivity index (χ3v) is 4.96. The van der Waals surface area contributed by atoms with Gasteiger partial charge in [-0.05, 0) is 36.8 Å². The first kappa shape index (κ1) is 16.7. The number of anilines is 3. The smallest absolute Gasteiger partial charge is 0.126 e. The molecule has 6 nitrogen and oxygen atoms in total. The molecule has 3 heterocycles. The van der Waals surface area contributed by atoms with Gasteiger partial charge in [-0.1, -0.05) is 0 Å². The molecular formula is C20H24N4O2. The summed E-state index contributed by atoms with van der Waals surface area (Å²) < 4.78 is 10.9. The van der Waals surface area contributed by atoms with E-state index in [-0.39, 0.29) is 0 Å². The van der Waals surface area contributed by atoms with E-state index in [9.17, 15) is 0 Å². The zero-order chi connectivity index (χ0) is 18.1. The second kappa shape index (κ2) is 6.88. The van der Waals surface area contributed by atoms with Gasteiger partial charge in [-0.2, -0.15) is 0 Å². The largest absolute Gasteiger partial charge is 0.496 e. The summed E-state index contributed by atoms with van der Waals surface area (Å²) in [5, 5.41) is 0. The summed E-state index contributed by atoms with van der Waals surface area (Å²) >= 11 is 0. The van der Waals surface area contributed by atoms with E-state index in [1.807, 2.05) is 18.2 Å². The molecule has 2 aromatic rings. The summed E-state index contributed by atoms with van der Waals surface area (Å²) in [4.78, 5) is 9.11. The first-order valence-electron chi connectivity index (χ1n) is 8.87. The number of hydrogen-bond acceptors (Lipinski definition) is 6. The van der Waals surface area contributed by atoms with Crippen molar-refractivity contribution in [3.05, 3.63) is 47.3 Å². The average molecular weight is 352 g/mol. The molecule has 0 aliphatic carbocycles. The first-order chi connectivity index (χ1) is 12.7. The van der Waals surface area contributed by atoms with Gasteiger partial charge in [-0.25, -0.2) is 4.98 Å². The van der Waals surface area contributed by atoms with Gasteiger partial charge in [0.2, 0.25) is 0 Å². The average Bonchev–Trinajstić information content (AvgIpc) is 2.67. The summed E-state index contributed by atoms with van der Waals surface area (Å²) in [5.74, 6) is 1.46. The van der Waals surface area contributed by atoms with Crippen LogP contribution in [0.4, 0.5) is 17.2 Å². The molecule has 0 radical (unpaired) electrons. The van der Waals surface area contributed by atoms with Crippen LogP contribution in [0, 0.1) is 6.92 Å². The molecule has 1 aromatic carbocycles. The molecule has 2 aliphatic heterocycles. The minimum atomic E-state index is 0.559. The van der Waals surface area contributed by atoms with Gasteiger partial charge < -0.3 is 25.0 Å². The van der Waals surface area contributed by atoms with Crippen molar-refractivity contribution in [1.29, 1.82) is 0 Å². The molecule has 0 atom stereocenters. The highest BCUT2D eigenvalue weighted by molar-refractivity contribution is 5.72. The van der Waals surface area contributed by atoms with E-state index in [0.717, 1.165) is 61.2 Å². The molecule has 1 saturated heterocycles. The van der Waals surface area contributed by atoms with E-state index in [2.05, 4.69) is 40.0 Å². The van der Waals surface area contributed by atoms with E-state index in [4.69, 9.17) is 15.2 Å². The fourth-order valence-corrected chi connectivity index (χ4v) is 3.59. The van der Waals surface area contributed by atoms with Crippen molar-refractivity contribution in [2.45, 2.75) is 13.5 Å². The van der Waals surface area contributed by atoms with Crippen LogP contribution in [0.15, 0.2) is 30.5 Å². The van der Waals surface area contributed by atoms with E-state index in [1.165, 1.54) is 5.56 Å². The lowest BCUT2D eigenvalue weighted by atomic mass is 10.0. The monoisotopic (exact) mass is 352 g/mol. The van der Waals surface area contributed by atoms with E-state index in [0.29, 0.717) is 5.82 Å². The zero-order valence-corrected chi connectivity index (χ0v) is 15.2. The summed E-state index contributed by atoms with van der Waals surface area (Å²) in [7, 11) is 1.70. The molecule has 26 heavy (non-hydrogen) atoms. The molecule has 2 aliphatic rings. The van der Waals surface area contributed by atoms with Crippen LogP contribution in [0.3, 0.4) is 0 Å². The number of nitrogen functional groups attached to an aromatic ring is 1. The Morgan fingerprint density at radius 2 is 2.00 bits per heavy atom. The number of benzene rings is 1. The highest BCUT2D eigenvalue weighted by Crippen LogP contribution is 2.34. The molecule has 0 amide bonds. The fourth-order valence-electron chi connectivity index (χ4n) is 3.59. The van der Waals surface area contributed by atoms with Crippen molar-refractivity contribution in [3.63, 3.8) is 0 Å². The Labute approximate surface area is 153 Å². The lowest BCUT2D eigenvalue weighted by Gasteiger charge is -2.34. The standard InChI is InChI=1S/C20H24N4O2/c1-14-11-15(3-4-19(14)25-2)24-6-5-17-16(13-24)18(12-20(21)22-17)23-7-9-26-10-8-23/h3-6,11-12H,7-10,13H2,1-2H3,(H2,21,22). The Morgan fingerprint density at radius 1 is 1.19 bits per heavy atom. The number of pyridine rings is 1. The number of ether oxygens (including phenoxy) is 2. The van der Waals surface area contributed by atoms with Crippen LogP contribution in [-0.2, 0) is 11.3 Å². The third-order valence-electron chi connectivity index (χ3n) is 4.96. The van der Waals surface area contributed by atoms with Gasteiger partial charge in [0.15, 0.2) is 0 Å². The number of nitrogens with two attached hydrogens (primary N) is 1. The van der Waals surface area contributed by atoms with Crippen molar-refractivity contribution in [3.8, 4) is 5.75 Å². The molecular weight excluding hydrogens is 328 g/mol. The molecule has 4 rings (SSSR count). The number of nitrogens with zero attached hydrogens (tertiary/aromatic N) is 3. The van der Waals surface area contributed by atoms with Gasteiger partial charge in [0, 0.05) is 42.3 Å². The van der Waals surface area contributed by atoms with E-state index >= 15 is 0 Å². The van der Waals surface area contributed by atoms with Crippen molar-refractivity contribution in [2.75, 3.05) is 48.9 Å². The van der Waals surface area contributed by atoms with Gasteiger partial charge in [0.1, 0.15) is 11.6 Å². The second-order valence-corrected chi connectivity index (χ2v) is 6.63. The van der Waals surface area contributed by atoms with Gasteiger partial charge >= 0.3 is 0 Å². The summed E-state index contributed by atoms with van der Waals surface area (Å²) in [6.07, 6.45) is 4.11. The Kier molecular flexibility index (Phi) is 4.42. The maximum atomic E-state index is 6.06. The first-order valence-corrected chi connectivity index (χ1v) is 8.87.